The van der Waals surface area contributed by atoms with Gasteiger partial charge in [0, 0.05) is 29.6 Å². The Labute approximate surface area is 212 Å². The fourth-order valence-corrected chi connectivity index (χ4v) is 3.40. The molecule has 37 heavy (non-hydrogen) atoms. The van der Waals surface area contributed by atoms with Crippen LogP contribution in [0.5, 0.6) is 11.5 Å². The fourth-order valence-electron chi connectivity index (χ4n) is 3.40. The number of ether oxygens (including phenoxy) is 2. The molecule has 12 heteroatoms. The maximum atomic E-state index is 13.0. The Morgan fingerprint density at radius 1 is 1.14 bits per heavy atom. The zero-order valence-corrected chi connectivity index (χ0v) is 20.0. The van der Waals surface area contributed by atoms with Crippen molar-refractivity contribution in [2.75, 3.05) is 23.8 Å². The van der Waals surface area contributed by atoms with Gasteiger partial charge in [0.15, 0.2) is 23.9 Å². The third-order valence-electron chi connectivity index (χ3n) is 5.06. The molecular weight excluding hydrogens is 482 g/mol. The van der Waals surface area contributed by atoms with Crippen molar-refractivity contribution in [3.63, 3.8) is 0 Å². The highest BCUT2D eigenvalue weighted by Gasteiger charge is 2.18. The van der Waals surface area contributed by atoms with Gasteiger partial charge in [-0.15, -0.1) is 0 Å². The van der Waals surface area contributed by atoms with Gasteiger partial charge in [-0.05, 0) is 61.0 Å². The van der Waals surface area contributed by atoms with Crippen molar-refractivity contribution in [2.24, 2.45) is 10.9 Å². The van der Waals surface area contributed by atoms with Gasteiger partial charge in [0.2, 0.25) is 0 Å². The third-order valence-corrected chi connectivity index (χ3v) is 5.06. The molecule has 0 fully saturated rings. The minimum atomic E-state index is -1.16. The summed E-state index contributed by atoms with van der Waals surface area (Å²) in [4.78, 5) is 28.3. The van der Waals surface area contributed by atoms with Gasteiger partial charge in [0.25, 0.3) is 5.91 Å². The van der Waals surface area contributed by atoms with Crippen molar-refractivity contribution in [1.82, 2.24) is 4.98 Å². The minimum absolute atomic E-state index is 0.0545. The van der Waals surface area contributed by atoms with Crippen LogP contribution in [0.3, 0.4) is 0 Å². The number of rotatable bonds is 12. The van der Waals surface area contributed by atoms with E-state index in [4.69, 9.17) is 25.5 Å². The molecule has 7 N–H and O–H groups in total. The van der Waals surface area contributed by atoms with Crippen LogP contribution >= 0.6 is 0 Å². The molecule has 1 aromatic heterocycles. The first-order valence-corrected chi connectivity index (χ1v) is 11.2. The van der Waals surface area contributed by atoms with Crippen molar-refractivity contribution >= 4 is 29.2 Å². The van der Waals surface area contributed by atoms with Crippen LogP contribution in [-0.4, -0.2) is 51.3 Å². The normalized spacial score (nSPS) is 11.0. The van der Waals surface area contributed by atoms with Gasteiger partial charge in [-0.2, -0.15) is 0 Å². The fraction of sp³-hybridized carbons (Fsp3) is 0.200. The van der Waals surface area contributed by atoms with Gasteiger partial charge in [-0.1, -0.05) is 5.16 Å². The van der Waals surface area contributed by atoms with Gasteiger partial charge in [0.05, 0.1) is 18.8 Å². The summed E-state index contributed by atoms with van der Waals surface area (Å²) < 4.78 is 11.1. The molecule has 0 aliphatic heterocycles. The standard InChI is InChI=1S/C25H27N5O7/c1-2-36-20-11-15(13-31)10-17(22(20)37-14-21(32)33)12-28-24-19(4-3-9-27-24)25(34)29-18-7-5-16(6-8-18)23(26)30-35/h3-11,31,35H,2,12-14H2,1H3,(H2,26,30)(H,27,28)(H,29,34)(H,32,33). The summed E-state index contributed by atoms with van der Waals surface area (Å²) >= 11 is 0. The Morgan fingerprint density at radius 2 is 1.89 bits per heavy atom. The van der Waals surface area contributed by atoms with Crippen molar-refractivity contribution in [3.05, 3.63) is 77.0 Å². The molecule has 1 heterocycles. The van der Waals surface area contributed by atoms with E-state index in [9.17, 15) is 14.7 Å². The molecule has 3 aromatic rings. The van der Waals surface area contributed by atoms with Gasteiger partial charge < -0.3 is 41.3 Å². The topological polar surface area (TPSA) is 189 Å². The summed E-state index contributed by atoms with van der Waals surface area (Å²) in [5, 5.41) is 36.3. The SMILES string of the molecule is CCOc1cc(CO)cc(CNc2ncccc2C(=O)Nc2ccc(/C(N)=N/O)cc2)c1OCC(=O)O. The number of pyridine rings is 1. The molecule has 0 radical (unpaired) electrons. The summed E-state index contributed by atoms with van der Waals surface area (Å²) in [6.07, 6.45) is 1.52. The first-order chi connectivity index (χ1) is 17.9. The second-order valence-electron chi connectivity index (χ2n) is 7.63. The van der Waals surface area contributed by atoms with Gasteiger partial charge in [0.1, 0.15) is 5.82 Å². The molecule has 0 spiro atoms. The Hall–Kier alpha value is -4.84. The molecule has 0 aliphatic carbocycles. The summed E-state index contributed by atoms with van der Waals surface area (Å²) in [5.41, 5.74) is 7.83. The second kappa shape index (κ2) is 12.7. The number of aliphatic hydroxyl groups is 1. The van der Waals surface area contributed by atoms with Crippen LogP contribution in [0.4, 0.5) is 11.5 Å². The molecule has 194 valence electrons. The van der Waals surface area contributed by atoms with E-state index in [2.05, 4.69) is 20.8 Å². The van der Waals surface area contributed by atoms with Crippen LogP contribution in [0.25, 0.3) is 0 Å². The molecule has 0 saturated carbocycles. The van der Waals surface area contributed by atoms with Crippen LogP contribution in [-0.2, 0) is 17.9 Å². The molecule has 3 rings (SSSR count). The number of aliphatic carboxylic acids is 1. The van der Waals surface area contributed by atoms with E-state index in [1.165, 1.54) is 6.20 Å². The van der Waals surface area contributed by atoms with Gasteiger partial charge in [-0.3, -0.25) is 4.79 Å². The average Bonchev–Trinajstić information content (AvgIpc) is 2.91. The largest absolute Gasteiger partial charge is 0.490 e. The molecule has 0 atom stereocenters. The number of benzene rings is 2. The lowest BCUT2D eigenvalue weighted by Gasteiger charge is -2.18. The molecule has 0 bridgehead atoms. The molecule has 0 aliphatic rings. The molecule has 2 aromatic carbocycles. The zero-order chi connectivity index (χ0) is 26.8. The quantitative estimate of drug-likeness (QED) is 0.0915. The number of hydrogen-bond acceptors (Lipinski definition) is 9. The highest BCUT2D eigenvalue weighted by molar-refractivity contribution is 6.07. The number of aromatic nitrogens is 1. The number of nitrogens with two attached hydrogens (primary N) is 1. The first kappa shape index (κ1) is 26.8. The number of anilines is 2. The van der Waals surface area contributed by atoms with E-state index >= 15 is 0 Å². The third kappa shape index (κ3) is 7.08. The lowest BCUT2D eigenvalue weighted by Crippen LogP contribution is -2.17. The van der Waals surface area contributed by atoms with Gasteiger partial charge >= 0.3 is 5.97 Å². The molecule has 0 saturated heterocycles. The number of nitrogens with zero attached hydrogens (tertiary/aromatic N) is 2. The highest BCUT2D eigenvalue weighted by Crippen LogP contribution is 2.34. The maximum Gasteiger partial charge on any atom is 0.341 e. The van der Waals surface area contributed by atoms with E-state index in [1.54, 1.807) is 55.5 Å². The van der Waals surface area contributed by atoms with Crippen LogP contribution in [0.2, 0.25) is 0 Å². The van der Waals surface area contributed by atoms with Crippen LogP contribution in [0.15, 0.2) is 59.9 Å². The predicted octanol–water partition coefficient (Wildman–Crippen LogP) is 2.39. The highest BCUT2D eigenvalue weighted by atomic mass is 16.5. The Balaban J connectivity index is 1.83. The minimum Gasteiger partial charge on any atom is -0.490 e. The average molecular weight is 510 g/mol. The second-order valence-corrected chi connectivity index (χ2v) is 7.63. The predicted molar refractivity (Wildman–Crippen MR) is 135 cm³/mol. The van der Waals surface area contributed by atoms with E-state index in [0.717, 1.165) is 0 Å². The molecule has 12 nitrogen and oxygen atoms in total. The molecule has 0 unspecified atom stereocenters. The van der Waals surface area contributed by atoms with E-state index in [1.807, 2.05) is 0 Å². The van der Waals surface area contributed by atoms with Crippen molar-refractivity contribution in [1.29, 1.82) is 0 Å². The Bertz CT molecular complexity index is 1280. The number of carbonyl (C=O) groups excluding carboxylic acids is 1. The number of amidine groups is 1. The number of oxime groups is 1. The zero-order valence-electron chi connectivity index (χ0n) is 20.0. The molecule has 1 amide bonds. The van der Waals surface area contributed by atoms with Crippen molar-refractivity contribution in [2.45, 2.75) is 20.1 Å². The van der Waals surface area contributed by atoms with Gasteiger partial charge in [-0.25, -0.2) is 9.78 Å². The summed E-state index contributed by atoms with van der Waals surface area (Å²) in [7, 11) is 0. The first-order valence-electron chi connectivity index (χ1n) is 11.2. The smallest absolute Gasteiger partial charge is 0.341 e. The summed E-state index contributed by atoms with van der Waals surface area (Å²) in [6.45, 7) is 1.31. The lowest BCUT2D eigenvalue weighted by molar-refractivity contribution is -0.139. The van der Waals surface area contributed by atoms with E-state index < -0.39 is 18.5 Å². The summed E-state index contributed by atoms with van der Waals surface area (Å²) in [6, 6.07) is 12.8. The van der Waals surface area contributed by atoms with Crippen LogP contribution < -0.4 is 25.8 Å². The Morgan fingerprint density at radius 3 is 2.54 bits per heavy atom. The number of hydrogen-bond donors (Lipinski definition) is 6. The number of carboxylic acids is 1. The molecular formula is C25H27N5O7. The number of aliphatic hydroxyl groups excluding tert-OH is 1. The number of carboxylic acid groups (broad SMARTS) is 1. The lowest BCUT2D eigenvalue weighted by atomic mass is 10.1. The van der Waals surface area contributed by atoms with Crippen LogP contribution in [0, 0.1) is 0 Å². The number of nitrogens with one attached hydrogen (secondary N) is 2. The number of carbonyl (C=O) groups is 2. The Kier molecular flexibility index (Phi) is 9.22. The van der Waals surface area contributed by atoms with E-state index in [0.29, 0.717) is 34.7 Å². The monoisotopic (exact) mass is 509 g/mol. The van der Waals surface area contributed by atoms with Crippen LogP contribution in [0.1, 0.15) is 34.0 Å². The van der Waals surface area contributed by atoms with E-state index in [-0.39, 0.29) is 36.1 Å². The maximum absolute atomic E-state index is 13.0. The van der Waals surface area contributed by atoms with Crippen molar-refractivity contribution < 1.29 is 34.5 Å². The van der Waals surface area contributed by atoms with Crippen molar-refractivity contribution in [3.8, 4) is 11.5 Å². The summed E-state index contributed by atoms with van der Waals surface area (Å²) in [5.74, 6) is -0.877. The number of amides is 1.